The van der Waals surface area contributed by atoms with E-state index in [1.165, 1.54) is 0 Å². The van der Waals surface area contributed by atoms with Crippen LogP contribution in [0.4, 0.5) is 0 Å². The molecule has 0 radical (unpaired) electrons. The van der Waals surface area contributed by atoms with Gasteiger partial charge < -0.3 is 24.7 Å². The van der Waals surface area contributed by atoms with Gasteiger partial charge in [-0.25, -0.2) is 0 Å². The van der Waals surface area contributed by atoms with Crippen LogP contribution in [-0.4, -0.2) is 61.5 Å². The van der Waals surface area contributed by atoms with Gasteiger partial charge in [-0.3, -0.25) is 4.90 Å². The van der Waals surface area contributed by atoms with E-state index in [9.17, 15) is 0 Å². The second-order valence-corrected chi connectivity index (χ2v) is 7.59. The van der Waals surface area contributed by atoms with Crippen molar-refractivity contribution in [3.8, 4) is 0 Å². The fourth-order valence-electron chi connectivity index (χ4n) is 2.82. The molecule has 2 heterocycles. The molecule has 0 aromatic rings. The Kier molecular flexibility index (Phi) is 6.45. The van der Waals surface area contributed by atoms with Gasteiger partial charge in [-0.2, -0.15) is 0 Å². The van der Waals surface area contributed by atoms with E-state index >= 15 is 0 Å². The number of ether oxygens (including phenoxy) is 4. The third kappa shape index (κ3) is 6.24. The molecule has 142 valence electrons. The maximum Gasteiger partial charge on any atom is 0.162 e. The molecule has 2 aliphatic rings. The molecular formula is C19H32N2O4. The number of hydrogen-bond acceptors (Lipinski definition) is 6. The molecule has 2 rings (SSSR count). The maximum absolute atomic E-state index is 5.84. The summed E-state index contributed by atoms with van der Waals surface area (Å²) in [6.07, 6.45) is 3.65. The first-order valence-corrected chi connectivity index (χ1v) is 8.70. The van der Waals surface area contributed by atoms with Crippen molar-refractivity contribution in [3.63, 3.8) is 0 Å². The lowest BCUT2D eigenvalue weighted by molar-refractivity contribution is -0.287. The van der Waals surface area contributed by atoms with Gasteiger partial charge >= 0.3 is 0 Å². The molecule has 2 fully saturated rings. The average Bonchev–Trinajstić information content (AvgIpc) is 2.51. The highest BCUT2D eigenvalue weighted by atomic mass is 16.7. The van der Waals surface area contributed by atoms with Gasteiger partial charge in [0.05, 0.1) is 38.5 Å². The normalized spacial score (nSPS) is 24.7. The Labute approximate surface area is 151 Å². The van der Waals surface area contributed by atoms with Crippen LogP contribution < -0.4 is 5.73 Å². The van der Waals surface area contributed by atoms with Crippen molar-refractivity contribution in [2.45, 2.75) is 51.4 Å². The van der Waals surface area contributed by atoms with E-state index in [4.69, 9.17) is 24.7 Å². The summed E-state index contributed by atoms with van der Waals surface area (Å²) in [5.41, 5.74) is 7.04. The molecule has 0 unspecified atom stereocenters. The van der Waals surface area contributed by atoms with Gasteiger partial charge in [0.25, 0.3) is 0 Å². The third-order valence-electron chi connectivity index (χ3n) is 4.35. The van der Waals surface area contributed by atoms with E-state index in [0.717, 1.165) is 5.57 Å². The van der Waals surface area contributed by atoms with Crippen molar-refractivity contribution >= 4 is 0 Å². The second kappa shape index (κ2) is 8.01. The lowest BCUT2D eigenvalue weighted by Gasteiger charge is -2.46. The molecule has 0 bridgehead atoms. The zero-order valence-corrected chi connectivity index (χ0v) is 15.9. The molecular weight excluding hydrogens is 320 g/mol. The Bertz CT molecular complexity index is 480. The fourth-order valence-corrected chi connectivity index (χ4v) is 2.82. The van der Waals surface area contributed by atoms with Crippen molar-refractivity contribution in [3.05, 3.63) is 36.6 Å². The fraction of sp³-hybridized carbons (Fsp3) is 0.684. The van der Waals surface area contributed by atoms with E-state index in [-0.39, 0.29) is 12.1 Å². The van der Waals surface area contributed by atoms with E-state index in [1.54, 1.807) is 6.08 Å². The van der Waals surface area contributed by atoms with Crippen LogP contribution in [0.1, 0.15) is 27.7 Å². The minimum atomic E-state index is -0.544. The van der Waals surface area contributed by atoms with E-state index in [1.807, 2.05) is 33.8 Å². The molecule has 0 amide bonds. The predicted molar refractivity (Wildman–Crippen MR) is 97.9 cm³/mol. The molecule has 0 aromatic heterocycles. The summed E-state index contributed by atoms with van der Waals surface area (Å²) in [7, 11) is 0. The standard InChI is InChI=1S/C19H32N2O4/c1-14(7-8-15(2)20)9-21(16-10-22-18(3,4)23-11-16)17-12-24-19(5,6)25-13-17/h7-8,16-17H,1-2,9-13,20H2,3-6H3/b8-7-. The zero-order chi connectivity index (χ0) is 18.7. The highest BCUT2D eigenvalue weighted by Gasteiger charge is 2.38. The van der Waals surface area contributed by atoms with Crippen LogP contribution in [-0.2, 0) is 18.9 Å². The molecule has 2 aliphatic heterocycles. The molecule has 6 nitrogen and oxygen atoms in total. The topological polar surface area (TPSA) is 66.2 Å². The van der Waals surface area contributed by atoms with Gasteiger partial charge in [0.15, 0.2) is 11.6 Å². The van der Waals surface area contributed by atoms with Gasteiger partial charge in [-0.1, -0.05) is 19.2 Å². The first kappa shape index (κ1) is 20.1. The number of hydrogen-bond donors (Lipinski definition) is 1. The molecule has 0 atom stereocenters. The van der Waals surface area contributed by atoms with E-state index < -0.39 is 11.6 Å². The molecule has 0 aromatic carbocycles. The summed E-state index contributed by atoms with van der Waals surface area (Å²) >= 11 is 0. The summed E-state index contributed by atoms with van der Waals surface area (Å²) < 4.78 is 23.4. The van der Waals surface area contributed by atoms with Gasteiger partial charge in [0, 0.05) is 12.2 Å². The minimum absolute atomic E-state index is 0.109. The minimum Gasteiger partial charge on any atom is -0.399 e. The zero-order valence-electron chi connectivity index (χ0n) is 15.9. The largest absolute Gasteiger partial charge is 0.399 e. The highest BCUT2D eigenvalue weighted by Crippen LogP contribution is 2.26. The SMILES string of the molecule is C=C(N)/C=C\C(=C)CN(C1COC(C)(C)OC1)C1COC(C)(C)OC1. The summed E-state index contributed by atoms with van der Waals surface area (Å²) in [4.78, 5) is 2.29. The molecule has 0 spiro atoms. The Morgan fingerprint density at radius 1 is 0.920 bits per heavy atom. The van der Waals surface area contributed by atoms with E-state index in [2.05, 4.69) is 18.1 Å². The highest BCUT2D eigenvalue weighted by molar-refractivity contribution is 5.23. The number of nitrogens with two attached hydrogens (primary N) is 1. The first-order valence-electron chi connectivity index (χ1n) is 8.70. The molecule has 2 saturated heterocycles. The van der Waals surface area contributed by atoms with Crippen molar-refractivity contribution in [1.29, 1.82) is 0 Å². The Morgan fingerprint density at radius 3 is 1.68 bits per heavy atom. The summed E-state index contributed by atoms with van der Waals surface area (Å²) in [6, 6.07) is 0.218. The first-order chi connectivity index (χ1) is 11.6. The van der Waals surface area contributed by atoms with Crippen LogP contribution in [0.2, 0.25) is 0 Å². The Balaban J connectivity index is 2.06. The number of rotatable bonds is 6. The van der Waals surface area contributed by atoms with Crippen molar-refractivity contribution in [2.24, 2.45) is 5.73 Å². The van der Waals surface area contributed by atoms with E-state index in [0.29, 0.717) is 38.7 Å². The molecule has 0 aliphatic carbocycles. The third-order valence-corrected chi connectivity index (χ3v) is 4.35. The maximum atomic E-state index is 5.84. The quantitative estimate of drug-likeness (QED) is 0.739. The Morgan fingerprint density at radius 2 is 1.32 bits per heavy atom. The van der Waals surface area contributed by atoms with Crippen molar-refractivity contribution in [1.82, 2.24) is 4.90 Å². The van der Waals surface area contributed by atoms with Crippen LogP contribution in [0.3, 0.4) is 0 Å². The van der Waals surface area contributed by atoms with Crippen molar-refractivity contribution in [2.75, 3.05) is 33.0 Å². The van der Waals surface area contributed by atoms with Gasteiger partial charge in [0.2, 0.25) is 0 Å². The monoisotopic (exact) mass is 352 g/mol. The van der Waals surface area contributed by atoms with Gasteiger partial charge in [0.1, 0.15) is 0 Å². The van der Waals surface area contributed by atoms with Crippen molar-refractivity contribution < 1.29 is 18.9 Å². The average molecular weight is 352 g/mol. The van der Waals surface area contributed by atoms with Crippen LogP contribution in [0.25, 0.3) is 0 Å². The number of allylic oxidation sites excluding steroid dienone is 1. The number of nitrogens with zero attached hydrogens (tertiary/aromatic N) is 1. The molecule has 0 saturated carbocycles. The predicted octanol–water partition coefficient (Wildman–Crippen LogP) is 2.18. The van der Waals surface area contributed by atoms with Crippen LogP contribution in [0.15, 0.2) is 36.6 Å². The second-order valence-electron chi connectivity index (χ2n) is 7.59. The lowest BCUT2D eigenvalue weighted by Crippen LogP contribution is -2.59. The van der Waals surface area contributed by atoms with Gasteiger partial charge in [-0.05, 0) is 39.3 Å². The lowest BCUT2D eigenvalue weighted by atomic mass is 10.1. The van der Waals surface area contributed by atoms with Crippen LogP contribution in [0, 0.1) is 0 Å². The molecule has 2 N–H and O–H groups in total. The summed E-state index contributed by atoms with van der Waals surface area (Å²) in [5.74, 6) is -1.09. The molecule has 25 heavy (non-hydrogen) atoms. The summed E-state index contributed by atoms with van der Waals surface area (Å²) in [6.45, 7) is 18.5. The Hall–Kier alpha value is -1.18. The molecule has 6 heteroatoms. The summed E-state index contributed by atoms with van der Waals surface area (Å²) in [5, 5.41) is 0. The smallest absolute Gasteiger partial charge is 0.162 e. The van der Waals surface area contributed by atoms with Gasteiger partial charge in [-0.15, -0.1) is 0 Å². The van der Waals surface area contributed by atoms with Crippen LogP contribution in [0.5, 0.6) is 0 Å². The van der Waals surface area contributed by atoms with Crippen LogP contribution >= 0.6 is 0 Å².